The van der Waals surface area contributed by atoms with Crippen LogP contribution in [0.1, 0.15) is 30.5 Å². The molecule has 0 aliphatic carbocycles. The molecule has 1 aliphatic rings. The molecular weight excluding hydrogens is 350 g/mol. The SMILES string of the molecule is CCCNC(c1ccsc1)c1cc2c(cc1Br)OCCO2. The van der Waals surface area contributed by atoms with Gasteiger partial charge in [-0.1, -0.05) is 22.9 Å². The van der Waals surface area contributed by atoms with Gasteiger partial charge in [-0.15, -0.1) is 0 Å². The number of ether oxygens (including phenoxy) is 2. The van der Waals surface area contributed by atoms with Crippen LogP contribution in [0, 0.1) is 0 Å². The molecule has 1 aliphatic heterocycles. The average Bonchev–Trinajstić information content (AvgIpc) is 3.02. The van der Waals surface area contributed by atoms with Gasteiger partial charge in [0.1, 0.15) is 13.2 Å². The van der Waals surface area contributed by atoms with Crippen molar-refractivity contribution in [3.8, 4) is 11.5 Å². The van der Waals surface area contributed by atoms with E-state index in [1.54, 1.807) is 11.3 Å². The Kier molecular flexibility index (Phi) is 4.83. The minimum atomic E-state index is 0.168. The first-order valence-corrected chi connectivity index (χ1v) is 8.87. The molecule has 0 spiro atoms. The molecule has 0 saturated carbocycles. The fourth-order valence-corrected chi connectivity index (χ4v) is 3.67. The quantitative estimate of drug-likeness (QED) is 0.850. The first-order valence-electron chi connectivity index (χ1n) is 7.14. The van der Waals surface area contributed by atoms with Crippen molar-refractivity contribution in [1.82, 2.24) is 5.32 Å². The molecule has 3 rings (SSSR count). The standard InChI is InChI=1S/C16H18BrNO2S/c1-2-4-18-16(11-3-7-21-10-11)12-8-14-15(9-13(12)17)20-6-5-19-14/h3,7-10,16,18H,2,4-6H2,1H3. The molecule has 0 bridgehead atoms. The van der Waals surface area contributed by atoms with Gasteiger partial charge in [0, 0.05) is 4.47 Å². The predicted molar refractivity (Wildman–Crippen MR) is 89.6 cm³/mol. The smallest absolute Gasteiger partial charge is 0.162 e. The molecule has 112 valence electrons. The number of hydrogen-bond acceptors (Lipinski definition) is 4. The zero-order valence-corrected chi connectivity index (χ0v) is 14.3. The van der Waals surface area contributed by atoms with Crippen molar-refractivity contribution >= 4 is 27.3 Å². The van der Waals surface area contributed by atoms with E-state index in [4.69, 9.17) is 9.47 Å². The Morgan fingerprint density at radius 1 is 1.29 bits per heavy atom. The molecule has 0 radical (unpaired) electrons. The Labute approximate surface area is 137 Å². The predicted octanol–water partition coefficient (Wildman–Crippen LogP) is 4.37. The van der Waals surface area contributed by atoms with Gasteiger partial charge in [-0.05, 0) is 53.1 Å². The molecule has 2 aromatic rings. The summed E-state index contributed by atoms with van der Waals surface area (Å²) < 4.78 is 12.4. The number of halogens is 1. The van der Waals surface area contributed by atoms with E-state index in [1.807, 2.05) is 6.07 Å². The summed E-state index contributed by atoms with van der Waals surface area (Å²) in [6.07, 6.45) is 1.10. The normalized spacial score (nSPS) is 15.0. The summed E-state index contributed by atoms with van der Waals surface area (Å²) >= 11 is 5.40. The number of thiophene rings is 1. The van der Waals surface area contributed by atoms with Gasteiger partial charge in [-0.3, -0.25) is 0 Å². The highest BCUT2D eigenvalue weighted by molar-refractivity contribution is 9.10. The van der Waals surface area contributed by atoms with Crippen molar-refractivity contribution in [2.24, 2.45) is 0 Å². The van der Waals surface area contributed by atoms with E-state index in [9.17, 15) is 0 Å². The first kappa shape index (κ1) is 14.9. The van der Waals surface area contributed by atoms with Crippen molar-refractivity contribution in [3.05, 3.63) is 44.6 Å². The van der Waals surface area contributed by atoms with Crippen LogP contribution in [0.4, 0.5) is 0 Å². The Balaban J connectivity index is 1.98. The van der Waals surface area contributed by atoms with Gasteiger partial charge in [-0.2, -0.15) is 11.3 Å². The van der Waals surface area contributed by atoms with Crippen LogP contribution in [0.15, 0.2) is 33.4 Å². The third kappa shape index (κ3) is 3.25. The monoisotopic (exact) mass is 367 g/mol. The molecule has 1 N–H and O–H groups in total. The Morgan fingerprint density at radius 2 is 2.05 bits per heavy atom. The van der Waals surface area contributed by atoms with Gasteiger partial charge < -0.3 is 14.8 Å². The van der Waals surface area contributed by atoms with Gasteiger partial charge in [0.05, 0.1) is 6.04 Å². The summed E-state index contributed by atoms with van der Waals surface area (Å²) in [7, 11) is 0. The van der Waals surface area contributed by atoms with Gasteiger partial charge in [0.2, 0.25) is 0 Å². The fraction of sp³-hybridized carbons (Fsp3) is 0.375. The van der Waals surface area contributed by atoms with E-state index in [0.717, 1.165) is 28.9 Å². The van der Waals surface area contributed by atoms with E-state index < -0.39 is 0 Å². The average molecular weight is 368 g/mol. The molecular formula is C16H18BrNO2S. The van der Waals surface area contributed by atoms with Crippen molar-refractivity contribution in [1.29, 1.82) is 0 Å². The Hall–Kier alpha value is -1.04. The molecule has 21 heavy (non-hydrogen) atoms. The van der Waals surface area contributed by atoms with Crippen molar-refractivity contribution < 1.29 is 9.47 Å². The van der Waals surface area contributed by atoms with Crippen LogP contribution in [0.25, 0.3) is 0 Å². The van der Waals surface area contributed by atoms with Gasteiger partial charge in [-0.25, -0.2) is 0 Å². The summed E-state index contributed by atoms with van der Waals surface area (Å²) in [5.41, 5.74) is 2.47. The maximum absolute atomic E-state index is 5.72. The maximum Gasteiger partial charge on any atom is 0.162 e. The van der Waals surface area contributed by atoms with Crippen molar-refractivity contribution in [2.75, 3.05) is 19.8 Å². The molecule has 0 saturated heterocycles. The van der Waals surface area contributed by atoms with Gasteiger partial charge in [0.25, 0.3) is 0 Å². The lowest BCUT2D eigenvalue weighted by atomic mass is 10.0. The summed E-state index contributed by atoms with van der Waals surface area (Å²) in [5.74, 6) is 1.65. The summed E-state index contributed by atoms with van der Waals surface area (Å²) in [6.45, 7) is 4.37. The Bertz CT molecular complexity index is 601. The fourth-order valence-electron chi connectivity index (χ4n) is 2.44. The molecule has 1 aromatic heterocycles. The van der Waals surface area contributed by atoms with E-state index in [1.165, 1.54) is 11.1 Å². The highest BCUT2D eigenvalue weighted by atomic mass is 79.9. The summed E-state index contributed by atoms with van der Waals surface area (Å²) in [5, 5.41) is 7.92. The second kappa shape index (κ2) is 6.81. The highest BCUT2D eigenvalue weighted by Crippen LogP contribution is 2.39. The third-order valence-corrected chi connectivity index (χ3v) is 4.84. The molecule has 3 nitrogen and oxygen atoms in total. The van der Waals surface area contributed by atoms with E-state index >= 15 is 0 Å². The largest absolute Gasteiger partial charge is 0.486 e. The molecule has 1 atom stereocenters. The second-order valence-electron chi connectivity index (χ2n) is 4.96. The maximum atomic E-state index is 5.72. The van der Waals surface area contributed by atoms with Crippen LogP contribution in [0.3, 0.4) is 0 Å². The second-order valence-corrected chi connectivity index (χ2v) is 6.60. The van der Waals surface area contributed by atoms with Gasteiger partial charge in [0.15, 0.2) is 11.5 Å². The van der Waals surface area contributed by atoms with Crippen LogP contribution < -0.4 is 14.8 Å². The van der Waals surface area contributed by atoms with E-state index in [-0.39, 0.29) is 6.04 Å². The molecule has 2 heterocycles. The summed E-state index contributed by atoms with van der Waals surface area (Å²) in [6, 6.07) is 6.43. The number of hydrogen-bond donors (Lipinski definition) is 1. The Morgan fingerprint density at radius 3 is 2.71 bits per heavy atom. The topological polar surface area (TPSA) is 30.5 Å². The van der Waals surface area contributed by atoms with Crippen molar-refractivity contribution in [3.63, 3.8) is 0 Å². The minimum Gasteiger partial charge on any atom is -0.486 e. The zero-order chi connectivity index (χ0) is 14.7. The molecule has 1 unspecified atom stereocenters. The van der Waals surface area contributed by atoms with E-state index in [0.29, 0.717) is 13.2 Å². The molecule has 0 fully saturated rings. The van der Waals surface area contributed by atoms with Crippen LogP contribution >= 0.6 is 27.3 Å². The summed E-state index contributed by atoms with van der Waals surface area (Å²) in [4.78, 5) is 0. The number of fused-ring (bicyclic) bond motifs is 1. The molecule has 5 heteroatoms. The lowest BCUT2D eigenvalue weighted by Crippen LogP contribution is -2.24. The number of rotatable bonds is 5. The lowest BCUT2D eigenvalue weighted by Gasteiger charge is -2.24. The van der Waals surface area contributed by atoms with Crippen LogP contribution in [0.5, 0.6) is 11.5 Å². The van der Waals surface area contributed by atoms with Crippen LogP contribution in [0.2, 0.25) is 0 Å². The molecule has 0 amide bonds. The third-order valence-electron chi connectivity index (χ3n) is 3.45. The van der Waals surface area contributed by atoms with Gasteiger partial charge >= 0.3 is 0 Å². The highest BCUT2D eigenvalue weighted by Gasteiger charge is 2.21. The van der Waals surface area contributed by atoms with Crippen LogP contribution in [-0.2, 0) is 0 Å². The van der Waals surface area contributed by atoms with Crippen molar-refractivity contribution in [2.45, 2.75) is 19.4 Å². The lowest BCUT2D eigenvalue weighted by molar-refractivity contribution is 0.171. The number of benzene rings is 1. The minimum absolute atomic E-state index is 0.168. The first-order chi connectivity index (χ1) is 10.3. The van der Waals surface area contributed by atoms with E-state index in [2.05, 4.69) is 51.1 Å². The van der Waals surface area contributed by atoms with Crippen LogP contribution in [-0.4, -0.2) is 19.8 Å². The molecule has 1 aromatic carbocycles. The zero-order valence-electron chi connectivity index (χ0n) is 11.9. The number of nitrogens with one attached hydrogen (secondary N) is 1.